The quantitative estimate of drug-likeness (QED) is 0.661. The first kappa shape index (κ1) is 13.7. The van der Waals surface area contributed by atoms with Crippen molar-refractivity contribution < 1.29 is 9.90 Å². The van der Waals surface area contributed by atoms with Gasteiger partial charge >= 0.3 is 5.97 Å². The van der Waals surface area contributed by atoms with E-state index in [4.69, 9.17) is 16.7 Å². The van der Waals surface area contributed by atoms with Gasteiger partial charge in [-0.2, -0.15) is 0 Å². The smallest absolute Gasteiger partial charge is 0.335 e. The Morgan fingerprint density at radius 3 is 2.58 bits per heavy atom. The summed E-state index contributed by atoms with van der Waals surface area (Å²) in [6, 6.07) is 10.5. The number of nitrogens with one attached hydrogen (secondary N) is 1. The summed E-state index contributed by atoms with van der Waals surface area (Å²) in [6.07, 6.45) is 2.00. The predicted octanol–water partition coefficient (Wildman–Crippen LogP) is 3.90. The van der Waals surface area contributed by atoms with Crippen LogP contribution in [0.15, 0.2) is 41.3 Å². The van der Waals surface area contributed by atoms with Crippen molar-refractivity contribution in [2.45, 2.75) is 4.90 Å². The standard InChI is InChI=1S/C13H11ClN2O2S/c1-19-10-4-2-9(3-5-10)15-12-7-8(13(17)18)6-11(14)16-12/h2-7H,1H3,(H,15,16)(H,17,18). The molecule has 98 valence electrons. The Labute approximate surface area is 119 Å². The molecule has 0 spiro atoms. The normalized spacial score (nSPS) is 10.2. The number of aromatic nitrogens is 1. The van der Waals surface area contributed by atoms with Crippen LogP contribution >= 0.6 is 23.4 Å². The number of thioether (sulfide) groups is 1. The number of hydrogen-bond acceptors (Lipinski definition) is 4. The van der Waals surface area contributed by atoms with E-state index in [1.165, 1.54) is 12.1 Å². The van der Waals surface area contributed by atoms with E-state index in [1.807, 2.05) is 30.5 Å². The van der Waals surface area contributed by atoms with Crippen molar-refractivity contribution >= 4 is 40.8 Å². The minimum atomic E-state index is -1.04. The molecule has 0 fully saturated rings. The fourth-order valence-electron chi connectivity index (χ4n) is 1.51. The number of carboxylic acids is 1. The summed E-state index contributed by atoms with van der Waals surface area (Å²) < 4.78 is 0. The van der Waals surface area contributed by atoms with Gasteiger partial charge in [0.15, 0.2) is 0 Å². The molecule has 0 atom stereocenters. The van der Waals surface area contributed by atoms with E-state index in [2.05, 4.69) is 10.3 Å². The molecule has 19 heavy (non-hydrogen) atoms. The molecule has 0 saturated carbocycles. The Kier molecular flexibility index (Phi) is 4.29. The summed E-state index contributed by atoms with van der Waals surface area (Å²) in [7, 11) is 0. The molecule has 0 unspecified atom stereocenters. The number of rotatable bonds is 4. The van der Waals surface area contributed by atoms with Crippen molar-refractivity contribution in [1.29, 1.82) is 0 Å². The first-order chi connectivity index (χ1) is 9.08. The minimum absolute atomic E-state index is 0.100. The maximum absolute atomic E-state index is 10.9. The van der Waals surface area contributed by atoms with E-state index in [0.29, 0.717) is 5.82 Å². The second-order valence-corrected chi connectivity index (χ2v) is 4.99. The molecule has 0 radical (unpaired) electrons. The molecule has 0 amide bonds. The van der Waals surface area contributed by atoms with Gasteiger partial charge in [0.25, 0.3) is 0 Å². The fourth-order valence-corrected chi connectivity index (χ4v) is 2.12. The van der Waals surface area contributed by atoms with E-state index in [9.17, 15) is 4.79 Å². The van der Waals surface area contributed by atoms with Crippen LogP contribution in [0.5, 0.6) is 0 Å². The average molecular weight is 295 g/mol. The van der Waals surface area contributed by atoms with Gasteiger partial charge in [-0.1, -0.05) is 11.6 Å². The number of carbonyl (C=O) groups is 1. The summed E-state index contributed by atoms with van der Waals surface area (Å²) in [5.41, 5.74) is 0.923. The summed E-state index contributed by atoms with van der Waals surface area (Å²) in [4.78, 5) is 16.1. The Morgan fingerprint density at radius 2 is 2.00 bits per heavy atom. The molecule has 0 aliphatic carbocycles. The van der Waals surface area contributed by atoms with Crippen LogP contribution in [-0.4, -0.2) is 22.3 Å². The maximum atomic E-state index is 10.9. The monoisotopic (exact) mass is 294 g/mol. The van der Waals surface area contributed by atoms with Gasteiger partial charge in [-0.25, -0.2) is 9.78 Å². The molecular weight excluding hydrogens is 284 g/mol. The molecule has 1 heterocycles. The lowest BCUT2D eigenvalue weighted by atomic mass is 10.2. The first-order valence-corrected chi connectivity index (χ1v) is 7.01. The number of nitrogens with zero attached hydrogens (tertiary/aromatic N) is 1. The van der Waals surface area contributed by atoms with Crippen molar-refractivity contribution in [3.63, 3.8) is 0 Å². The Bertz CT molecular complexity index is 602. The van der Waals surface area contributed by atoms with Gasteiger partial charge in [0, 0.05) is 10.6 Å². The van der Waals surface area contributed by atoms with E-state index in [0.717, 1.165) is 10.6 Å². The molecule has 2 rings (SSSR count). The zero-order valence-corrected chi connectivity index (χ0v) is 11.6. The summed E-state index contributed by atoms with van der Waals surface area (Å²) >= 11 is 7.44. The van der Waals surface area contributed by atoms with Gasteiger partial charge < -0.3 is 10.4 Å². The Balaban J connectivity index is 2.24. The molecule has 2 aromatic rings. The fraction of sp³-hybridized carbons (Fsp3) is 0.0769. The van der Waals surface area contributed by atoms with E-state index >= 15 is 0 Å². The van der Waals surface area contributed by atoms with Crippen molar-refractivity contribution in [1.82, 2.24) is 4.98 Å². The van der Waals surface area contributed by atoms with Crippen LogP contribution in [0.1, 0.15) is 10.4 Å². The molecule has 6 heteroatoms. The van der Waals surface area contributed by atoms with Crippen LogP contribution in [-0.2, 0) is 0 Å². The highest BCUT2D eigenvalue weighted by Gasteiger charge is 2.07. The zero-order chi connectivity index (χ0) is 13.8. The number of anilines is 2. The lowest BCUT2D eigenvalue weighted by Crippen LogP contribution is -2.00. The summed E-state index contributed by atoms with van der Waals surface area (Å²) in [5, 5.41) is 12.1. The van der Waals surface area contributed by atoms with E-state index in [-0.39, 0.29) is 10.7 Å². The molecule has 0 bridgehead atoms. The third-order valence-electron chi connectivity index (χ3n) is 2.40. The van der Waals surface area contributed by atoms with Crippen molar-refractivity contribution in [3.05, 3.63) is 47.1 Å². The van der Waals surface area contributed by atoms with Crippen LogP contribution < -0.4 is 5.32 Å². The Hall–Kier alpha value is -1.72. The maximum Gasteiger partial charge on any atom is 0.335 e. The number of pyridine rings is 1. The van der Waals surface area contributed by atoms with Gasteiger partial charge in [0.05, 0.1) is 5.56 Å². The molecule has 2 N–H and O–H groups in total. The summed E-state index contributed by atoms with van der Waals surface area (Å²) in [6.45, 7) is 0. The van der Waals surface area contributed by atoms with Crippen molar-refractivity contribution in [2.75, 3.05) is 11.6 Å². The van der Waals surface area contributed by atoms with E-state index in [1.54, 1.807) is 11.8 Å². The van der Waals surface area contributed by atoms with Crippen molar-refractivity contribution in [2.24, 2.45) is 0 Å². The number of benzene rings is 1. The van der Waals surface area contributed by atoms with Crippen molar-refractivity contribution in [3.8, 4) is 0 Å². The highest BCUT2D eigenvalue weighted by atomic mass is 35.5. The number of aromatic carboxylic acids is 1. The topological polar surface area (TPSA) is 62.2 Å². The molecule has 0 saturated heterocycles. The van der Waals surface area contributed by atoms with Crippen LogP contribution in [0.2, 0.25) is 5.15 Å². The molecule has 0 aliphatic heterocycles. The second-order valence-electron chi connectivity index (χ2n) is 3.72. The van der Waals surface area contributed by atoms with Crippen LogP contribution in [0, 0.1) is 0 Å². The minimum Gasteiger partial charge on any atom is -0.478 e. The third-order valence-corrected chi connectivity index (χ3v) is 3.34. The second kappa shape index (κ2) is 5.95. The van der Waals surface area contributed by atoms with Crippen LogP contribution in [0.25, 0.3) is 0 Å². The third kappa shape index (κ3) is 3.62. The lowest BCUT2D eigenvalue weighted by molar-refractivity contribution is 0.0697. The average Bonchev–Trinajstić information content (AvgIpc) is 2.39. The number of halogens is 1. The largest absolute Gasteiger partial charge is 0.478 e. The number of carboxylic acid groups (broad SMARTS) is 1. The van der Waals surface area contributed by atoms with Gasteiger partial charge in [-0.15, -0.1) is 11.8 Å². The van der Waals surface area contributed by atoms with Crippen LogP contribution in [0.4, 0.5) is 11.5 Å². The molecular formula is C13H11ClN2O2S. The SMILES string of the molecule is CSc1ccc(Nc2cc(C(=O)O)cc(Cl)n2)cc1. The molecule has 1 aromatic heterocycles. The highest BCUT2D eigenvalue weighted by molar-refractivity contribution is 7.98. The predicted molar refractivity (Wildman–Crippen MR) is 77.7 cm³/mol. The van der Waals surface area contributed by atoms with Gasteiger partial charge in [-0.05, 0) is 42.7 Å². The Morgan fingerprint density at radius 1 is 1.32 bits per heavy atom. The molecule has 1 aromatic carbocycles. The first-order valence-electron chi connectivity index (χ1n) is 5.40. The highest BCUT2D eigenvalue weighted by Crippen LogP contribution is 2.22. The molecule has 4 nitrogen and oxygen atoms in total. The zero-order valence-electron chi connectivity index (χ0n) is 10.1. The lowest BCUT2D eigenvalue weighted by Gasteiger charge is -2.07. The van der Waals surface area contributed by atoms with E-state index < -0.39 is 5.97 Å². The van der Waals surface area contributed by atoms with Gasteiger partial charge in [-0.3, -0.25) is 0 Å². The van der Waals surface area contributed by atoms with Crippen LogP contribution in [0.3, 0.4) is 0 Å². The summed E-state index contributed by atoms with van der Waals surface area (Å²) in [5.74, 6) is -0.633. The van der Waals surface area contributed by atoms with Gasteiger partial charge in [0.1, 0.15) is 11.0 Å². The number of hydrogen-bond donors (Lipinski definition) is 2. The molecule has 0 aliphatic rings. The van der Waals surface area contributed by atoms with Gasteiger partial charge in [0.2, 0.25) is 0 Å².